The normalized spacial score (nSPS) is 14.5. The molecule has 0 saturated heterocycles. The summed E-state index contributed by atoms with van der Waals surface area (Å²) < 4.78 is 15.5. The van der Waals surface area contributed by atoms with Crippen LogP contribution in [0.1, 0.15) is 16.7 Å². The van der Waals surface area contributed by atoms with Crippen molar-refractivity contribution in [2.24, 2.45) is 4.99 Å². The molecule has 0 aliphatic heterocycles. The zero-order chi connectivity index (χ0) is 18.5. The van der Waals surface area contributed by atoms with Crippen molar-refractivity contribution < 1.29 is 19.0 Å². The van der Waals surface area contributed by atoms with Gasteiger partial charge in [0.1, 0.15) is 0 Å². The van der Waals surface area contributed by atoms with Gasteiger partial charge in [0.15, 0.2) is 6.29 Å². The van der Waals surface area contributed by atoms with Gasteiger partial charge >= 0.3 is 5.97 Å². The Bertz CT molecular complexity index is 866. The molecule has 5 heteroatoms. The van der Waals surface area contributed by atoms with Crippen LogP contribution in [0.25, 0.3) is 6.08 Å². The van der Waals surface area contributed by atoms with Gasteiger partial charge < -0.3 is 14.2 Å². The van der Waals surface area contributed by atoms with E-state index in [0.717, 1.165) is 22.4 Å². The largest absolute Gasteiger partial charge is 0.465 e. The van der Waals surface area contributed by atoms with E-state index in [-0.39, 0.29) is 6.29 Å². The predicted octanol–water partition coefficient (Wildman–Crippen LogP) is 3.54. The molecule has 0 unspecified atom stereocenters. The van der Waals surface area contributed by atoms with Gasteiger partial charge in [0, 0.05) is 26.2 Å². The first-order chi connectivity index (χ1) is 12.7. The monoisotopic (exact) mass is 351 g/mol. The van der Waals surface area contributed by atoms with Gasteiger partial charge in [-0.1, -0.05) is 42.5 Å². The first-order valence-electron chi connectivity index (χ1n) is 8.30. The van der Waals surface area contributed by atoms with Gasteiger partial charge in [-0.05, 0) is 23.3 Å². The molecule has 0 heterocycles. The number of fused-ring (bicyclic) bond motifs is 1. The summed E-state index contributed by atoms with van der Waals surface area (Å²) in [5, 5.41) is 0. The molecule has 0 spiro atoms. The minimum atomic E-state index is -0.399. The number of aliphatic imine (C=N–C) groups is 1. The van der Waals surface area contributed by atoms with Gasteiger partial charge in [0.2, 0.25) is 0 Å². The fourth-order valence-corrected chi connectivity index (χ4v) is 2.95. The van der Waals surface area contributed by atoms with Crippen molar-refractivity contribution in [1.29, 1.82) is 0 Å². The molecule has 5 nitrogen and oxygen atoms in total. The summed E-state index contributed by atoms with van der Waals surface area (Å²) in [4.78, 5) is 17.0. The lowest BCUT2D eigenvalue weighted by atomic mass is 10.1. The van der Waals surface area contributed by atoms with Gasteiger partial charge in [-0.3, -0.25) is 0 Å². The van der Waals surface area contributed by atoms with Crippen LogP contribution in [0.5, 0.6) is 0 Å². The van der Waals surface area contributed by atoms with Crippen LogP contribution in [0.3, 0.4) is 0 Å². The van der Waals surface area contributed by atoms with Crippen LogP contribution in [0.4, 0.5) is 5.69 Å². The standard InChI is InChI=1S/C21H21NO4/c1-24-19(25-2)13-15-9-5-7-11-18(15)22-20-16-10-6-4-8-14(16)12-17(20)21(23)26-3/h4-12,19H,13H2,1-3H3. The van der Waals surface area contributed by atoms with E-state index >= 15 is 0 Å². The number of hydrogen-bond acceptors (Lipinski definition) is 5. The highest BCUT2D eigenvalue weighted by Crippen LogP contribution is 2.30. The average molecular weight is 351 g/mol. The summed E-state index contributed by atoms with van der Waals surface area (Å²) in [6.45, 7) is 0. The molecule has 26 heavy (non-hydrogen) atoms. The van der Waals surface area contributed by atoms with E-state index in [9.17, 15) is 4.79 Å². The molecule has 0 N–H and O–H groups in total. The number of benzene rings is 2. The number of esters is 1. The summed E-state index contributed by atoms with van der Waals surface area (Å²) in [6, 6.07) is 15.5. The molecule has 2 aromatic rings. The number of rotatable bonds is 6. The van der Waals surface area contributed by atoms with Crippen LogP contribution in [0.2, 0.25) is 0 Å². The van der Waals surface area contributed by atoms with Crippen LogP contribution >= 0.6 is 0 Å². The second kappa shape index (κ2) is 8.08. The Morgan fingerprint density at radius 2 is 1.69 bits per heavy atom. The number of hydrogen-bond donors (Lipinski definition) is 0. The van der Waals surface area contributed by atoms with E-state index in [1.165, 1.54) is 7.11 Å². The lowest BCUT2D eigenvalue weighted by Crippen LogP contribution is -2.16. The Balaban J connectivity index is 2.06. The highest BCUT2D eigenvalue weighted by Gasteiger charge is 2.26. The van der Waals surface area contributed by atoms with Gasteiger partial charge in [-0.2, -0.15) is 0 Å². The van der Waals surface area contributed by atoms with Gasteiger partial charge in [-0.25, -0.2) is 9.79 Å². The molecule has 2 aromatic carbocycles. The summed E-state index contributed by atoms with van der Waals surface area (Å²) in [5.41, 5.74) is 4.69. The Labute approximate surface area is 152 Å². The van der Waals surface area contributed by atoms with Crippen molar-refractivity contribution >= 4 is 23.4 Å². The van der Waals surface area contributed by atoms with E-state index in [1.807, 2.05) is 54.6 Å². The molecule has 0 atom stereocenters. The Hall–Kier alpha value is -2.76. The summed E-state index contributed by atoms with van der Waals surface area (Å²) in [7, 11) is 4.58. The molecule has 134 valence electrons. The molecule has 0 radical (unpaired) electrons. The van der Waals surface area contributed by atoms with Crippen molar-refractivity contribution in [3.05, 3.63) is 70.8 Å². The maximum Gasteiger partial charge on any atom is 0.340 e. The van der Waals surface area contributed by atoms with Crippen molar-refractivity contribution in [3.8, 4) is 0 Å². The van der Waals surface area contributed by atoms with E-state index in [4.69, 9.17) is 19.2 Å². The Kier molecular flexibility index (Phi) is 5.61. The number of methoxy groups -OCH3 is 3. The molecule has 0 amide bonds. The van der Waals surface area contributed by atoms with Crippen molar-refractivity contribution in [1.82, 2.24) is 0 Å². The lowest BCUT2D eigenvalue weighted by Gasteiger charge is -2.15. The molecule has 0 fully saturated rings. The predicted molar refractivity (Wildman–Crippen MR) is 101 cm³/mol. The minimum Gasteiger partial charge on any atom is -0.465 e. The zero-order valence-electron chi connectivity index (χ0n) is 15.1. The number of carbonyl (C=O) groups is 1. The maximum atomic E-state index is 12.2. The molecule has 0 aromatic heterocycles. The third kappa shape index (κ3) is 3.59. The van der Waals surface area contributed by atoms with Crippen molar-refractivity contribution in [2.45, 2.75) is 12.7 Å². The molecular weight excluding hydrogens is 330 g/mol. The molecule has 1 aliphatic carbocycles. The van der Waals surface area contributed by atoms with Crippen molar-refractivity contribution in [3.63, 3.8) is 0 Å². The molecular formula is C21H21NO4. The molecule has 0 saturated carbocycles. The second-order valence-corrected chi connectivity index (χ2v) is 5.83. The number of ether oxygens (including phenoxy) is 3. The Morgan fingerprint density at radius 1 is 1.00 bits per heavy atom. The van der Waals surface area contributed by atoms with Gasteiger partial charge in [0.05, 0.1) is 24.1 Å². The first-order valence-corrected chi connectivity index (χ1v) is 8.30. The first kappa shape index (κ1) is 18.0. The Morgan fingerprint density at radius 3 is 2.42 bits per heavy atom. The molecule has 1 aliphatic rings. The third-order valence-corrected chi connectivity index (χ3v) is 4.31. The van der Waals surface area contributed by atoms with Crippen LogP contribution in [0.15, 0.2) is 59.1 Å². The van der Waals surface area contributed by atoms with Crippen LogP contribution in [-0.4, -0.2) is 39.3 Å². The van der Waals surface area contributed by atoms with E-state index < -0.39 is 5.97 Å². The fraction of sp³-hybridized carbons (Fsp3) is 0.238. The zero-order valence-corrected chi connectivity index (χ0v) is 15.1. The van der Waals surface area contributed by atoms with E-state index in [0.29, 0.717) is 17.7 Å². The summed E-state index contributed by atoms with van der Waals surface area (Å²) in [5.74, 6) is -0.399. The maximum absolute atomic E-state index is 12.2. The minimum absolute atomic E-state index is 0.358. The van der Waals surface area contributed by atoms with Crippen LogP contribution < -0.4 is 0 Å². The van der Waals surface area contributed by atoms with Crippen LogP contribution in [0, 0.1) is 0 Å². The van der Waals surface area contributed by atoms with Gasteiger partial charge in [-0.15, -0.1) is 0 Å². The summed E-state index contributed by atoms with van der Waals surface area (Å²) >= 11 is 0. The lowest BCUT2D eigenvalue weighted by molar-refractivity contribution is -0.135. The third-order valence-electron chi connectivity index (χ3n) is 4.31. The quantitative estimate of drug-likeness (QED) is 0.590. The molecule has 3 rings (SSSR count). The molecule has 0 bridgehead atoms. The highest BCUT2D eigenvalue weighted by atomic mass is 16.7. The number of para-hydroxylation sites is 1. The fourth-order valence-electron chi connectivity index (χ4n) is 2.95. The van der Waals surface area contributed by atoms with Crippen molar-refractivity contribution in [2.75, 3.05) is 21.3 Å². The average Bonchev–Trinajstić information content (AvgIpc) is 3.05. The van der Waals surface area contributed by atoms with Gasteiger partial charge in [0.25, 0.3) is 0 Å². The highest BCUT2D eigenvalue weighted by molar-refractivity contribution is 6.34. The number of carbonyl (C=O) groups excluding carboxylic acids is 1. The topological polar surface area (TPSA) is 57.1 Å². The second-order valence-electron chi connectivity index (χ2n) is 5.83. The van der Waals surface area contributed by atoms with E-state index in [1.54, 1.807) is 14.2 Å². The number of nitrogens with zero attached hydrogens (tertiary/aromatic N) is 1. The smallest absolute Gasteiger partial charge is 0.340 e. The SMILES string of the molecule is COC(=O)C1=Cc2ccccc2C1=Nc1ccccc1CC(OC)OC. The van der Waals surface area contributed by atoms with Crippen LogP contribution in [-0.2, 0) is 25.4 Å². The summed E-state index contributed by atoms with van der Waals surface area (Å²) in [6.07, 6.45) is 2.01. The van der Waals surface area contributed by atoms with E-state index in [2.05, 4.69) is 0 Å².